The summed E-state index contributed by atoms with van der Waals surface area (Å²) in [6, 6.07) is 10.1. The van der Waals surface area contributed by atoms with Gasteiger partial charge >= 0.3 is 5.97 Å². The number of hydrogen-bond donors (Lipinski definition) is 1. The van der Waals surface area contributed by atoms with Crippen molar-refractivity contribution in [2.45, 2.75) is 52.3 Å². The fraction of sp³-hybridized carbons (Fsp3) is 0.391. The average Bonchev–Trinajstić information content (AvgIpc) is 3.50. The number of carbonyl (C=O) groups is 2. The van der Waals surface area contributed by atoms with Crippen LogP contribution in [-0.2, 0) is 20.9 Å². The largest absolute Gasteiger partial charge is 0.497 e. The van der Waals surface area contributed by atoms with Gasteiger partial charge < -0.3 is 19.4 Å². The van der Waals surface area contributed by atoms with Gasteiger partial charge in [0.1, 0.15) is 5.75 Å². The summed E-state index contributed by atoms with van der Waals surface area (Å²) < 4.78 is 12.7. The zero-order valence-electron chi connectivity index (χ0n) is 17.4. The van der Waals surface area contributed by atoms with Crippen molar-refractivity contribution < 1.29 is 19.1 Å². The second-order valence-corrected chi connectivity index (χ2v) is 7.41. The minimum Gasteiger partial charge on any atom is -0.497 e. The van der Waals surface area contributed by atoms with Crippen LogP contribution in [0.2, 0.25) is 0 Å². The smallest absolute Gasteiger partial charge is 0.331 e. The number of rotatable bonds is 8. The second-order valence-electron chi connectivity index (χ2n) is 7.41. The van der Waals surface area contributed by atoms with Gasteiger partial charge in [0.15, 0.2) is 6.10 Å². The molecule has 1 heterocycles. The first-order valence-corrected chi connectivity index (χ1v) is 9.86. The molecule has 29 heavy (non-hydrogen) atoms. The van der Waals surface area contributed by atoms with Gasteiger partial charge in [0.2, 0.25) is 0 Å². The predicted octanol–water partition coefficient (Wildman–Crippen LogP) is 3.71. The third-order valence-corrected chi connectivity index (χ3v) is 5.12. The normalized spacial score (nSPS) is 14.6. The highest BCUT2D eigenvalue weighted by Crippen LogP contribution is 2.38. The zero-order valence-corrected chi connectivity index (χ0v) is 17.4. The highest BCUT2D eigenvalue weighted by atomic mass is 16.5. The summed E-state index contributed by atoms with van der Waals surface area (Å²) >= 11 is 0. The van der Waals surface area contributed by atoms with Crippen molar-refractivity contribution in [3.63, 3.8) is 0 Å². The second kappa shape index (κ2) is 8.99. The lowest BCUT2D eigenvalue weighted by Gasteiger charge is -2.12. The molecule has 6 heteroatoms. The van der Waals surface area contributed by atoms with E-state index in [0.717, 1.165) is 22.6 Å². The molecule has 1 aromatic carbocycles. The first kappa shape index (κ1) is 20.7. The van der Waals surface area contributed by atoms with E-state index in [1.807, 2.05) is 24.3 Å². The maximum absolute atomic E-state index is 12.2. The quantitative estimate of drug-likeness (QED) is 0.546. The van der Waals surface area contributed by atoms with Crippen LogP contribution in [0.25, 0.3) is 6.08 Å². The van der Waals surface area contributed by atoms with E-state index in [9.17, 15) is 9.59 Å². The Hall–Kier alpha value is -3.02. The fourth-order valence-electron chi connectivity index (χ4n) is 3.37. The van der Waals surface area contributed by atoms with Crippen LogP contribution in [0.1, 0.15) is 48.3 Å². The Morgan fingerprint density at radius 2 is 1.93 bits per heavy atom. The predicted molar refractivity (Wildman–Crippen MR) is 112 cm³/mol. The molecular weight excluding hydrogens is 368 g/mol. The Balaban J connectivity index is 1.49. The van der Waals surface area contributed by atoms with E-state index in [1.54, 1.807) is 20.1 Å². The van der Waals surface area contributed by atoms with E-state index in [-0.39, 0.29) is 5.91 Å². The number of benzene rings is 1. The zero-order chi connectivity index (χ0) is 21.0. The van der Waals surface area contributed by atoms with Crippen molar-refractivity contribution in [3.05, 3.63) is 58.9 Å². The van der Waals surface area contributed by atoms with Crippen molar-refractivity contribution in [2.75, 3.05) is 7.11 Å². The Morgan fingerprint density at radius 1 is 1.24 bits per heavy atom. The van der Waals surface area contributed by atoms with Crippen LogP contribution in [0.5, 0.6) is 5.75 Å². The number of aromatic nitrogens is 1. The molecule has 1 atom stereocenters. The standard InChI is InChI=1S/C23H28N2O4/c1-15-13-19(16(2)25(15)20-8-9-20)7-12-22(26)29-17(3)23(27)24-14-18-5-10-21(28-4)11-6-18/h5-7,10-13,17,20H,8-9,14H2,1-4H3,(H,24,27)/b12-7+/t17-/m1/s1. The summed E-state index contributed by atoms with van der Waals surface area (Å²) in [7, 11) is 1.60. The number of nitrogens with zero attached hydrogens (tertiary/aromatic N) is 1. The van der Waals surface area contributed by atoms with Crippen LogP contribution >= 0.6 is 0 Å². The van der Waals surface area contributed by atoms with Crippen molar-refractivity contribution in [2.24, 2.45) is 0 Å². The summed E-state index contributed by atoms with van der Waals surface area (Å²) in [5.74, 6) is -0.116. The molecule has 1 aromatic heterocycles. The lowest BCUT2D eigenvalue weighted by Crippen LogP contribution is -2.35. The number of amides is 1. The first-order valence-electron chi connectivity index (χ1n) is 9.86. The van der Waals surface area contributed by atoms with E-state index in [1.165, 1.54) is 24.6 Å². The Morgan fingerprint density at radius 3 is 2.55 bits per heavy atom. The van der Waals surface area contributed by atoms with Crippen LogP contribution in [0.15, 0.2) is 36.4 Å². The molecule has 2 aromatic rings. The van der Waals surface area contributed by atoms with Gasteiger partial charge in [-0.1, -0.05) is 12.1 Å². The SMILES string of the molecule is COc1ccc(CNC(=O)[C@@H](C)OC(=O)/C=C/c2cc(C)n(C3CC3)c2C)cc1. The Labute approximate surface area is 171 Å². The van der Waals surface area contributed by atoms with Crippen LogP contribution < -0.4 is 10.1 Å². The number of esters is 1. The van der Waals surface area contributed by atoms with Gasteiger partial charge in [-0.2, -0.15) is 0 Å². The molecule has 1 N–H and O–H groups in total. The molecule has 1 amide bonds. The number of methoxy groups -OCH3 is 1. The van der Waals surface area contributed by atoms with Crippen molar-refractivity contribution in [1.82, 2.24) is 9.88 Å². The number of aryl methyl sites for hydroxylation is 1. The molecule has 1 aliphatic rings. The molecule has 3 rings (SSSR count). The topological polar surface area (TPSA) is 69.6 Å². The maximum Gasteiger partial charge on any atom is 0.331 e. The lowest BCUT2D eigenvalue weighted by molar-refractivity contribution is -0.150. The van der Waals surface area contributed by atoms with E-state index >= 15 is 0 Å². The average molecular weight is 396 g/mol. The summed E-state index contributed by atoms with van der Waals surface area (Å²) in [6.45, 7) is 6.06. The highest BCUT2D eigenvalue weighted by Gasteiger charge is 2.26. The minimum atomic E-state index is -0.871. The molecule has 1 fully saturated rings. The third kappa shape index (κ3) is 5.28. The van der Waals surface area contributed by atoms with E-state index in [2.05, 4.69) is 29.8 Å². The van der Waals surface area contributed by atoms with Crippen molar-refractivity contribution in [1.29, 1.82) is 0 Å². The van der Waals surface area contributed by atoms with Crippen molar-refractivity contribution >= 4 is 18.0 Å². The lowest BCUT2D eigenvalue weighted by atomic mass is 10.2. The summed E-state index contributed by atoms with van der Waals surface area (Å²) in [4.78, 5) is 24.3. The minimum absolute atomic E-state index is 0.338. The number of carbonyl (C=O) groups excluding carboxylic acids is 2. The molecule has 154 valence electrons. The molecule has 1 aliphatic carbocycles. The van der Waals surface area contributed by atoms with Gasteiger partial charge in [-0.15, -0.1) is 0 Å². The molecule has 0 unspecified atom stereocenters. The van der Waals surface area contributed by atoms with Crippen LogP contribution in [0.3, 0.4) is 0 Å². The van der Waals surface area contributed by atoms with Gasteiger partial charge in [-0.05, 0) is 69.0 Å². The third-order valence-electron chi connectivity index (χ3n) is 5.12. The van der Waals surface area contributed by atoms with Gasteiger partial charge in [-0.25, -0.2) is 4.79 Å². The number of nitrogens with one attached hydrogen (secondary N) is 1. The van der Waals surface area contributed by atoms with Gasteiger partial charge in [0.25, 0.3) is 5.91 Å². The van der Waals surface area contributed by atoms with E-state index in [0.29, 0.717) is 12.6 Å². The monoisotopic (exact) mass is 396 g/mol. The van der Waals surface area contributed by atoms with E-state index in [4.69, 9.17) is 9.47 Å². The molecular formula is C23H28N2O4. The number of hydrogen-bond acceptors (Lipinski definition) is 4. The summed E-state index contributed by atoms with van der Waals surface area (Å²) in [5, 5.41) is 2.77. The fourth-order valence-corrected chi connectivity index (χ4v) is 3.37. The maximum atomic E-state index is 12.2. The van der Waals surface area contributed by atoms with E-state index < -0.39 is 12.1 Å². The van der Waals surface area contributed by atoms with Crippen LogP contribution in [0, 0.1) is 13.8 Å². The number of ether oxygens (including phenoxy) is 2. The van der Waals surface area contributed by atoms with Gasteiger partial charge in [0.05, 0.1) is 7.11 Å². The first-order chi connectivity index (χ1) is 13.9. The molecule has 0 spiro atoms. The summed E-state index contributed by atoms with van der Waals surface area (Å²) in [6.07, 6.45) is 4.69. The Bertz CT molecular complexity index is 908. The molecule has 1 saturated carbocycles. The van der Waals surface area contributed by atoms with Gasteiger partial charge in [0, 0.05) is 30.1 Å². The molecule has 6 nitrogen and oxygen atoms in total. The van der Waals surface area contributed by atoms with Crippen LogP contribution in [0.4, 0.5) is 0 Å². The Kier molecular flexibility index (Phi) is 6.42. The highest BCUT2D eigenvalue weighted by molar-refractivity contribution is 5.90. The van der Waals surface area contributed by atoms with Gasteiger partial charge in [-0.3, -0.25) is 4.79 Å². The molecule has 0 bridgehead atoms. The molecule has 0 saturated heterocycles. The van der Waals surface area contributed by atoms with Crippen LogP contribution in [-0.4, -0.2) is 29.7 Å². The summed E-state index contributed by atoms with van der Waals surface area (Å²) in [5.41, 5.74) is 4.29. The molecule has 0 radical (unpaired) electrons. The van der Waals surface area contributed by atoms with Crippen molar-refractivity contribution in [3.8, 4) is 5.75 Å². The molecule has 0 aliphatic heterocycles.